The fourth-order valence-corrected chi connectivity index (χ4v) is 3.25. The molecule has 2 unspecified atom stereocenters. The van der Waals surface area contributed by atoms with E-state index in [1.807, 2.05) is 23.3 Å². The van der Waals surface area contributed by atoms with Crippen LogP contribution in [0.3, 0.4) is 0 Å². The van der Waals surface area contributed by atoms with Crippen molar-refractivity contribution in [3.63, 3.8) is 0 Å². The van der Waals surface area contributed by atoms with E-state index in [0.29, 0.717) is 5.25 Å². The van der Waals surface area contributed by atoms with Gasteiger partial charge in [0.25, 0.3) is 0 Å². The molecule has 0 aliphatic carbocycles. The summed E-state index contributed by atoms with van der Waals surface area (Å²) < 4.78 is 1.16. The third-order valence-corrected chi connectivity index (χ3v) is 4.08. The second-order valence-corrected chi connectivity index (χ2v) is 5.60. The normalized spacial score (nSPS) is 15.6. The van der Waals surface area contributed by atoms with E-state index >= 15 is 0 Å². The van der Waals surface area contributed by atoms with Crippen molar-refractivity contribution in [1.29, 1.82) is 0 Å². The Kier molecular flexibility index (Phi) is 4.77. The van der Waals surface area contributed by atoms with Gasteiger partial charge in [-0.05, 0) is 19.8 Å². The zero-order valence-electron chi connectivity index (χ0n) is 8.06. The molecule has 0 amide bonds. The molecule has 2 nitrogen and oxygen atoms in total. The summed E-state index contributed by atoms with van der Waals surface area (Å²) in [5.41, 5.74) is 5.77. The molecule has 0 aliphatic heterocycles. The first kappa shape index (κ1) is 11.0. The number of nitrogens with two attached hydrogens (primary N) is 1. The van der Waals surface area contributed by atoms with E-state index in [1.54, 1.807) is 11.3 Å². The van der Waals surface area contributed by atoms with Crippen LogP contribution < -0.4 is 5.73 Å². The van der Waals surface area contributed by atoms with Gasteiger partial charge in [-0.15, -0.1) is 11.3 Å². The van der Waals surface area contributed by atoms with E-state index < -0.39 is 0 Å². The van der Waals surface area contributed by atoms with Crippen LogP contribution in [0.25, 0.3) is 0 Å². The van der Waals surface area contributed by atoms with Gasteiger partial charge in [-0.1, -0.05) is 18.7 Å². The van der Waals surface area contributed by atoms with Gasteiger partial charge in [-0.2, -0.15) is 0 Å². The maximum Gasteiger partial charge on any atom is 0.150 e. The SMILES string of the molecule is CCC(CC(C)N)Sc1nccs1. The highest BCUT2D eigenvalue weighted by Gasteiger charge is 2.11. The Bertz CT molecular complexity index is 222. The molecule has 74 valence electrons. The van der Waals surface area contributed by atoms with Crippen LogP contribution in [0.15, 0.2) is 15.9 Å². The van der Waals surface area contributed by atoms with E-state index in [-0.39, 0.29) is 6.04 Å². The molecule has 0 aliphatic rings. The topological polar surface area (TPSA) is 38.9 Å². The zero-order chi connectivity index (χ0) is 9.68. The van der Waals surface area contributed by atoms with Gasteiger partial charge in [0.05, 0.1) is 0 Å². The van der Waals surface area contributed by atoms with Crippen LogP contribution in [-0.4, -0.2) is 16.3 Å². The molecule has 1 rings (SSSR count). The predicted octanol–water partition coefficient (Wildman–Crippen LogP) is 2.75. The Hall–Kier alpha value is -0.0600. The van der Waals surface area contributed by atoms with Crippen molar-refractivity contribution in [3.05, 3.63) is 11.6 Å². The molecule has 4 heteroatoms. The van der Waals surface area contributed by atoms with Crippen molar-refractivity contribution in [1.82, 2.24) is 4.98 Å². The molecule has 1 aromatic rings. The Morgan fingerprint density at radius 2 is 2.46 bits per heavy atom. The number of thiazole rings is 1. The molecule has 0 radical (unpaired) electrons. The molecule has 0 saturated carbocycles. The summed E-state index contributed by atoms with van der Waals surface area (Å²) in [6, 6.07) is 0.289. The van der Waals surface area contributed by atoms with E-state index in [1.165, 1.54) is 0 Å². The maximum atomic E-state index is 5.77. The third-order valence-electron chi connectivity index (χ3n) is 1.77. The van der Waals surface area contributed by atoms with Crippen LogP contribution in [0.1, 0.15) is 26.7 Å². The van der Waals surface area contributed by atoms with Crippen molar-refractivity contribution in [2.45, 2.75) is 42.3 Å². The fourth-order valence-electron chi connectivity index (χ4n) is 1.12. The van der Waals surface area contributed by atoms with Crippen molar-refractivity contribution in [3.8, 4) is 0 Å². The van der Waals surface area contributed by atoms with Gasteiger partial charge < -0.3 is 5.73 Å². The number of hydrogen-bond acceptors (Lipinski definition) is 4. The standard InChI is InChI=1S/C9H16N2S2/c1-3-8(6-7(2)10)13-9-11-4-5-12-9/h4-5,7-8H,3,6,10H2,1-2H3. The number of aromatic nitrogens is 1. The molecule has 1 aromatic heterocycles. The Morgan fingerprint density at radius 3 is 2.92 bits per heavy atom. The van der Waals surface area contributed by atoms with E-state index in [2.05, 4.69) is 18.8 Å². The smallest absolute Gasteiger partial charge is 0.150 e. The lowest BCUT2D eigenvalue weighted by atomic mass is 10.1. The van der Waals surface area contributed by atoms with Crippen LogP contribution >= 0.6 is 23.1 Å². The zero-order valence-corrected chi connectivity index (χ0v) is 9.70. The Labute approximate surface area is 87.9 Å². The summed E-state index contributed by atoms with van der Waals surface area (Å²) in [6.07, 6.45) is 4.08. The van der Waals surface area contributed by atoms with E-state index in [9.17, 15) is 0 Å². The van der Waals surface area contributed by atoms with Crippen LogP contribution in [0.5, 0.6) is 0 Å². The monoisotopic (exact) mass is 216 g/mol. The summed E-state index contributed by atoms with van der Waals surface area (Å²) in [4.78, 5) is 4.25. The van der Waals surface area contributed by atoms with Crippen LogP contribution in [0, 0.1) is 0 Å². The summed E-state index contributed by atoms with van der Waals surface area (Å²) >= 11 is 3.56. The molecular formula is C9H16N2S2. The Morgan fingerprint density at radius 1 is 1.69 bits per heavy atom. The first-order chi connectivity index (χ1) is 6.22. The largest absolute Gasteiger partial charge is 0.328 e. The summed E-state index contributed by atoms with van der Waals surface area (Å²) in [5.74, 6) is 0. The highest BCUT2D eigenvalue weighted by molar-refractivity contribution is 8.01. The summed E-state index contributed by atoms with van der Waals surface area (Å²) in [6.45, 7) is 4.26. The highest BCUT2D eigenvalue weighted by atomic mass is 32.2. The van der Waals surface area contributed by atoms with Gasteiger partial charge in [0, 0.05) is 22.9 Å². The Balaban J connectivity index is 2.40. The minimum Gasteiger partial charge on any atom is -0.328 e. The lowest BCUT2D eigenvalue weighted by Crippen LogP contribution is -2.20. The molecular weight excluding hydrogens is 200 g/mol. The van der Waals surface area contributed by atoms with Gasteiger partial charge in [0.2, 0.25) is 0 Å². The van der Waals surface area contributed by atoms with Crippen LogP contribution in [-0.2, 0) is 0 Å². The minimum atomic E-state index is 0.289. The second-order valence-electron chi connectivity index (χ2n) is 3.16. The van der Waals surface area contributed by atoms with Gasteiger partial charge in [0.1, 0.15) is 4.34 Å². The number of thioether (sulfide) groups is 1. The van der Waals surface area contributed by atoms with E-state index in [4.69, 9.17) is 5.73 Å². The maximum absolute atomic E-state index is 5.77. The van der Waals surface area contributed by atoms with Gasteiger partial charge in [-0.25, -0.2) is 4.98 Å². The van der Waals surface area contributed by atoms with Crippen molar-refractivity contribution in [2.24, 2.45) is 5.73 Å². The predicted molar refractivity (Wildman–Crippen MR) is 60.3 cm³/mol. The molecule has 0 bridgehead atoms. The lowest BCUT2D eigenvalue weighted by Gasteiger charge is -2.14. The average Bonchev–Trinajstić information content (AvgIpc) is 2.55. The summed E-state index contributed by atoms with van der Waals surface area (Å²) in [7, 11) is 0. The molecule has 0 fully saturated rings. The number of nitrogens with zero attached hydrogens (tertiary/aromatic N) is 1. The van der Waals surface area contributed by atoms with Crippen molar-refractivity contribution < 1.29 is 0 Å². The van der Waals surface area contributed by atoms with Gasteiger partial charge in [0.15, 0.2) is 0 Å². The van der Waals surface area contributed by atoms with Gasteiger partial charge in [-0.3, -0.25) is 0 Å². The van der Waals surface area contributed by atoms with Crippen molar-refractivity contribution >= 4 is 23.1 Å². The highest BCUT2D eigenvalue weighted by Crippen LogP contribution is 2.29. The van der Waals surface area contributed by atoms with Gasteiger partial charge >= 0.3 is 0 Å². The number of rotatable bonds is 5. The molecule has 2 atom stereocenters. The lowest BCUT2D eigenvalue weighted by molar-refractivity contribution is 0.628. The second kappa shape index (κ2) is 5.62. The molecule has 2 N–H and O–H groups in total. The van der Waals surface area contributed by atoms with E-state index in [0.717, 1.165) is 17.2 Å². The minimum absolute atomic E-state index is 0.289. The first-order valence-electron chi connectivity index (χ1n) is 4.54. The molecule has 1 heterocycles. The third kappa shape index (κ3) is 4.11. The molecule has 0 saturated heterocycles. The van der Waals surface area contributed by atoms with Crippen LogP contribution in [0.4, 0.5) is 0 Å². The van der Waals surface area contributed by atoms with Crippen LogP contribution in [0.2, 0.25) is 0 Å². The first-order valence-corrected chi connectivity index (χ1v) is 6.30. The fraction of sp³-hybridized carbons (Fsp3) is 0.667. The molecule has 0 spiro atoms. The van der Waals surface area contributed by atoms with Crippen molar-refractivity contribution in [2.75, 3.05) is 0 Å². The average molecular weight is 216 g/mol. The molecule has 0 aromatic carbocycles. The number of hydrogen-bond donors (Lipinski definition) is 1. The molecule has 13 heavy (non-hydrogen) atoms. The summed E-state index contributed by atoms with van der Waals surface area (Å²) in [5, 5.41) is 2.63. The quantitative estimate of drug-likeness (QED) is 0.769.